The van der Waals surface area contributed by atoms with Gasteiger partial charge in [0.25, 0.3) is 0 Å². The average molecular weight is 272 g/mol. The molecular weight excluding hydrogens is 260 g/mol. The minimum Gasteiger partial charge on any atom is -0.508 e. The minimum absolute atomic E-state index is 0.00503. The Balaban J connectivity index is 2.30. The second kappa shape index (κ2) is 5.36. The summed E-state index contributed by atoms with van der Waals surface area (Å²) in [4.78, 5) is 10.8. The van der Waals surface area contributed by atoms with E-state index in [-0.39, 0.29) is 22.8 Å². The van der Waals surface area contributed by atoms with Gasteiger partial charge in [-0.25, -0.2) is 4.79 Å². The molecule has 0 heterocycles. The Morgan fingerprint density at radius 1 is 0.900 bits per heavy atom. The monoisotopic (exact) mass is 272 g/mol. The molecule has 5 heteroatoms. The van der Waals surface area contributed by atoms with Gasteiger partial charge in [-0.05, 0) is 35.9 Å². The van der Waals surface area contributed by atoms with Gasteiger partial charge in [-0.2, -0.15) is 0 Å². The first-order chi connectivity index (χ1) is 9.47. The van der Waals surface area contributed by atoms with Gasteiger partial charge in [0.05, 0.1) is 0 Å². The minimum atomic E-state index is -1.20. The highest BCUT2D eigenvalue weighted by atomic mass is 16.4. The van der Waals surface area contributed by atoms with Crippen molar-refractivity contribution >= 4 is 18.1 Å². The third-order valence-electron chi connectivity index (χ3n) is 2.72. The van der Waals surface area contributed by atoms with Crippen LogP contribution in [-0.4, -0.2) is 26.4 Å². The SMILES string of the molecule is O=C(O)c1ccc(C=Cc2cc(O)ccc2O)cc1O. The highest BCUT2D eigenvalue weighted by Gasteiger charge is 2.08. The summed E-state index contributed by atoms with van der Waals surface area (Å²) in [6.07, 6.45) is 3.13. The molecule has 102 valence electrons. The highest BCUT2D eigenvalue weighted by Crippen LogP contribution is 2.25. The number of aromatic hydroxyl groups is 3. The predicted molar refractivity (Wildman–Crippen MR) is 73.8 cm³/mol. The quantitative estimate of drug-likeness (QED) is 0.508. The van der Waals surface area contributed by atoms with Crippen LogP contribution in [0.5, 0.6) is 17.2 Å². The van der Waals surface area contributed by atoms with E-state index in [1.54, 1.807) is 12.2 Å². The Morgan fingerprint density at radius 2 is 1.65 bits per heavy atom. The maximum atomic E-state index is 10.8. The van der Waals surface area contributed by atoms with Crippen molar-refractivity contribution in [2.45, 2.75) is 0 Å². The number of carbonyl (C=O) groups is 1. The van der Waals surface area contributed by atoms with Crippen LogP contribution in [0, 0.1) is 0 Å². The lowest BCUT2D eigenvalue weighted by atomic mass is 10.1. The molecular formula is C15H12O5. The van der Waals surface area contributed by atoms with Crippen LogP contribution in [0.15, 0.2) is 36.4 Å². The fourth-order valence-corrected chi connectivity index (χ4v) is 1.69. The Labute approximate surface area is 114 Å². The molecule has 5 nitrogen and oxygen atoms in total. The molecule has 0 bridgehead atoms. The first-order valence-electron chi connectivity index (χ1n) is 5.74. The molecule has 0 atom stereocenters. The van der Waals surface area contributed by atoms with Gasteiger partial charge in [0.1, 0.15) is 22.8 Å². The number of rotatable bonds is 3. The number of aromatic carboxylic acids is 1. The summed E-state index contributed by atoms with van der Waals surface area (Å²) < 4.78 is 0. The number of hydrogen-bond acceptors (Lipinski definition) is 4. The van der Waals surface area contributed by atoms with Crippen molar-refractivity contribution < 1.29 is 25.2 Å². The van der Waals surface area contributed by atoms with Gasteiger partial charge in [-0.3, -0.25) is 0 Å². The molecule has 2 aromatic rings. The summed E-state index contributed by atoms with van der Waals surface area (Å²) in [7, 11) is 0. The molecule has 0 fully saturated rings. The molecule has 2 rings (SSSR count). The molecule has 0 saturated carbocycles. The van der Waals surface area contributed by atoms with Crippen LogP contribution >= 0.6 is 0 Å². The van der Waals surface area contributed by atoms with Crippen molar-refractivity contribution in [3.63, 3.8) is 0 Å². The van der Waals surface area contributed by atoms with E-state index in [1.807, 2.05) is 0 Å². The summed E-state index contributed by atoms with van der Waals surface area (Å²) in [5, 5.41) is 37.3. The first-order valence-corrected chi connectivity index (χ1v) is 5.74. The molecule has 4 N–H and O–H groups in total. The molecule has 2 aromatic carbocycles. The normalized spacial score (nSPS) is 10.8. The van der Waals surface area contributed by atoms with Crippen molar-refractivity contribution in [2.24, 2.45) is 0 Å². The van der Waals surface area contributed by atoms with Crippen molar-refractivity contribution in [3.8, 4) is 17.2 Å². The van der Waals surface area contributed by atoms with E-state index in [9.17, 15) is 20.1 Å². The summed E-state index contributed by atoms with van der Waals surface area (Å²) in [5.41, 5.74) is 0.796. The van der Waals surface area contributed by atoms with Crippen LogP contribution in [0.2, 0.25) is 0 Å². The summed E-state index contributed by atoms with van der Waals surface area (Å²) >= 11 is 0. The summed E-state index contributed by atoms with van der Waals surface area (Å²) in [6.45, 7) is 0. The van der Waals surface area contributed by atoms with Crippen molar-refractivity contribution in [2.75, 3.05) is 0 Å². The van der Waals surface area contributed by atoms with Crippen LogP contribution < -0.4 is 0 Å². The zero-order valence-corrected chi connectivity index (χ0v) is 10.3. The second-order valence-electron chi connectivity index (χ2n) is 4.16. The topological polar surface area (TPSA) is 98.0 Å². The van der Waals surface area contributed by atoms with Gasteiger partial charge >= 0.3 is 5.97 Å². The Hall–Kier alpha value is -2.95. The van der Waals surface area contributed by atoms with Crippen molar-refractivity contribution in [1.82, 2.24) is 0 Å². The molecule has 0 saturated heterocycles. The van der Waals surface area contributed by atoms with Gasteiger partial charge < -0.3 is 20.4 Å². The maximum absolute atomic E-state index is 10.8. The van der Waals surface area contributed by atoms with Crippen LogP contribution in [-0.2, 0) is 0 Å². The van der Waals surface area contributed by atoms with E-state index < -0.39 is 5.97 Å². The predicted octanol–water partition coefficient (Wildman–Crippen LogP) is 2.67. The van der Waals surface area contributed by atoms with Gasteiger partial charge in [0.2, 0.25) is 0 Å². The lowest BCUT2D eigenvalue weighted by molar-refractivity contribution is 0.0693. The van der Waals surface area contributed by atoms with E-state index in [0.717, 1.165) is 0 Å². The fourth-order valence-electron chi connectivity index (χ4n) is 1.69. The van der Waals surface area contributed by atoms with E-state index >= 15 is 0 Å². The zero-order valence-electron chi connectivity index (χ0n) is 10.3. The highest BCUT2D eigenvalue weighted by molar-refractivity contribution is 5.91. The third-order valence-corrected chi connectivity index (χ3v) is 2.72. The smallest absolute Gasteiger partial charge is 0.339 e. The van der Waals surface area contributed by atoms with Crippen molar-refractivity contribution in [3.05, 3.63) is 53.1 Å². The number of phenols is 3. The lowest BCUT2D eigenvalue weighted by Crippen LogP contribution is -1.96. The van der Waals surface area contributed by atoms with Crippen LogP contribution in [0.4, 0.5) is 0 Å². The lowest BCUT2D eigenvalue weighted by Gasteiger charge is -2.02. The molecule has 20 heavy (non-hydrogen) atoms. The number of carboxylic acid groups (broad SMARTS) is 1. The fraction of sp³-hybridized carbons (Fsp3) is 0. The molecule has 0 aromatic heterocycles. The average Bonchev–Trinajstić information content (AvgIpc) is 2.39. The molecule has 0 aliphatic rings. The van der Waals surface area contributed by atoms with E-state index in [2.05, 4.69) is 0 Å². The van der Waals surface area contributed by atoms with E-state index in [1.165, 1.54) is 36.4 Å². The Bertz CT molecular complexity index is 689. The number of phenolic OH excluding ortho intramolecular Hbond substituents is 2. The van der Waals surface area contributed by atoms with Gasteiger partial charge in [-0.15, -0.1) is 0 Å². The van der Waals surface area contributed by atoms with Crippen LogP contribution in [0.25, 0.3) is 12.2 Å². The molecule has 0 spiro atoms. The largest absolute Gasteiger partial charge is 0.508 e. The van der Waals surface area contributed by atoms with Crippen molar-refractivity contribution in [1.29, 1.82) is 0 Å². The molecule has 0 aliphatic heterocycles. The summed E-state index contributed by atoms with van der Waals surface area (Å²) in [5.74, 6) is -1.51. The van der Waals surface area contributed by atoms with E-state index in [0.29, 0.717) is 11.1 Å². The van der Waals surface area contributed by atoms with Crippen LogP contribution in [0.1, 0.15) is 21.5 Å². The third kappa shape index (κ3) is 2.89. The maximum Gasteiger partial charge on any atom is 0.339 e. The molecule has 0 radical (unpaired) electrons. The molecule has 0 amide bonds. The second-order valence-corrected chi connectivity index (χ2v) is 4.16. The standard InChI is InChI=1S/C15H12O5/c16-11-4-6-13(17)10(8-11)3-1-9-2-5-12(15(19)20)14(18)7-9/h1-8,16-18H,(H,19,20). The molecule has 0 unspecified atom stereocenters. The Kier molecular flexibility index (Phi) is 3.61. The van der Waals surface area contributed by atoms with E-state index in [4.69, 9.17) is 5.11 Å². The van der Waals surface area contributed by atoms with Crippen LogP contribution in [0.3, 0.4) is 0 Å². The number of benzene rings is 2. The molecule has 0 aliphatic carbocycles. The van der Waals surface area contributed by atoms with Gasteiger partial charge in [0, 0.05) is 5.56 Å². The number of carboxylic acids is 1. The van der Waals surface area contributed by atoms with Gasteiger partial charge in [-0.1, -0.05) is 18.2 Å². The van der Waals surface area contributed by atoms with Gasteiger partial charge in [0.15, 0.2) is 0 Å². The zero-order chi connectivity index (χ0) is 14.7. The summed E-state index contributed by atoms with van der Waals surface area (Å²) in [6, 6.07) is 8.23. The number of hydrogen-bond donors (Lipinski definition) is 4. The Morgan fingerprint density at radius 3 is 2.30 bits per heavy atom. The first kappa shape index (κ1) is 13.5.